The molecule has 32 heavy (non-hydrogen) atoms. The van der Waals surface area contributed by atoms with Crippen molar-refractivity contribution in [1.29, 1.82) is 0 Å². The molecule has 0 N–H and O–H groups in total. The molecule has 2 heterocycles. The molecule has 3 aromatic rings. The highest BCUT2D eigenvalue weighted by Gasteiger charge is 2.26. The molecule has 1 atom stereocenters. The molecule has 2 aromatic carbocycles. The maximum Gasteiger partial charge on any atom is 0.229 e. The topological polar surface area (TPSA) is 76.6 Å². The van der Waals surface area contributed by atoms with Crippen LogP contribution in [0.25, 0.3) is 10.2 Å². The third kappa shape index (κ3) is 5.82. The van der Waals surface area contributed by atoms with Crippen LogP contribution in [0.3, 0.4) is 0 Å². The van der Waals surface area contributed by atoms with Crippen molar-refractivity contribution in [2.45, 2.75) is 35.2 Å². The van der Waals surface area contributed by atoms with Gasteiger partial charge in [0.15, 0.2) is 15.0 Å². The van der Waals surface area contributed by atoms with E-state index in [9.17, 15) is 13.2 Å². The lowest BCUT2D eigenvalue weighted by Crippen LogP contribution is -2.37. The number of thiazole rings is 1. The van der Waals surface area contributed by atoms with Gasteiger partial charge in [-0.25, -0.2) is 13.4 Å². The lowest BCUT2D eigenvalue weighted by Gasteiger charge is -2.23. The summed E-state index contributed by atoms with van der Waals surface area (Å²) in [5.74, 6) is 0.607. The second-order valence-electron chi connectivity index (χ2n) is 7.59. The molecule has 1 aliphatic heterocycles. The summed E-state index contributed by atoms with van der Waals surface area (Å²) in [5, 5.41) is 1.26. The number of benzene rings is 2. The molecular weight excluding hydrogens is 488 g/mol. The molecule has 10 heteroatoms. The predicted molar refractivity (Wildman–Crippen MR) is 131 cm³/mol. The van der Waals surface area contributed by atoms with E-state index in [-0.39, 0.29) is 16.9 Å². The van der Waals surface area contributed by atoms with Crippen LogP contribution < -0.4 is 4.90 Å². The zero-order chi connectivity index (χ0) is 22.7. The summed E-state index contributed by atoms with van der Waals surface area (Å²) in [6, 6.07) is 12.4. The first-order chi connectivity index (χ1) is 15.3. The number of carbonyl (C=O) groups is 1. The average molecular weight is 511 g/mol. The summed E-state index contributed by atoms with van der Waals surface area (Å²) in [5.41, 5.74) is 0.679. The van der Waals surface area contributed by atoms with Gasteiger partial charge in [-0.3, -0.25) is 9.69 Å². The Morgan fingerprint density at radius 3 is 2.75 bits per heavy atom. The van der Waals surface area contributed by atoms with Crippen LogP contribution in [0.2, 0.25) is 5.02 Å². The van der Waals surface area contributed by atoms with E-state index in [1.165, 1.54) is 17.6 Å². The Kier molecular flexibility index (Phi) is 7.41. The fraction of sp³-hybridized carbons (Fsp3) is 0.364. The Labute approximate surface area is 200 Å². The van der Waals surface area contributed by atoms with E-state index < -0.39 is 9.84 Å². The fourth-order valence-corrected chi connectivity index (χ4v) is 6.16. The minimum atomic E-state index is -3.31. The lowest BCUT2D eigenvalue weighted by molar-refractivity contribution is -0.118. The van der Waals surface area contributed by atoms with Gasteiger partial charge in [-0.15, -0.1) is 11.8 Å². The average Bonchev–Trinajstić information content (AvgIpc) is 3.41. The number of anilines is 1. The number of sulfone groups is 1. The number of carbonyl (C=O) groups excluding carboxylic acids is 1. The second kappa shape index (κ2) is 10.1. The molecule has 0 aliphatic carbocycles. The second-order valence-corrected chi connectivity index (χ2v) is 12.2. The number of aromatic nitrogens is 1. The molecule has 0 bridgehead atoms. The first kappa shape index (κ1) is 23.5. The van der Waals surface area contributed by atoms with E-state index >= 15 is 0 Å². The Morgan fingerprint density at radius 2 is 2.06 bits per heavy atom. The normalized spacial score (nSPS) is 16.5. The van der Waals surface area contributed by atoms with Crippen LogP contribution in [-0.4, -0.2) is 50.6 Å². The molecule has 1 amide bonds. The Hall–Kier alpha value is -1.65. The van der Waals surface area contributed by atoms with Crippen molar-refractivity contribution in [3.8, 4) is 0 Å². The Balaban J connectivity index is 1.52. The number of ether oxygens (including phenoxy) is 1. The van der Waals surface area contributed by atoms with Crippen LogP contribution in [0.4, 0.5) is 5.13 Å². The quantitative estimate of drug-likeness (QED) is 0.395. The first-order valence-electron chi connectivity index (χ1n) is 10.2. The van der Waals surface area contributed by atoms with Gasteiger partial charge in [-0.1, -0.05) is 22.9 Å². The molecule has 4 rings (SSSR count). The van der Waals surface area contributed by atoms with E-state index in [1.807, 2.05) is 24.3 Å². The molecule has 1 aromatic heterocycles. The molecule has 0 saturated carbocycles. The zero-order valence-electron chi connectivity index (χ0n) is 17.5. The van der Waals surface area contributed by atoms with Gasteiger partial charge >= 0.3 is 0 Å². The molecule has 0 radical (unpaired) electrons. The van der Waals surface area contributed by atoms with Crippen LogP contribution in [-0.2, 0) is 19.4 Å². The summed E-state index contributed by atoms with van der Waals surface area (Å²) in [6.45, 7) is 1.15. The highest BCUT2D eigenvalue weighted by molar-refractivity contribution is 7.99. The highest BCUT2D eigenvalue weighted by atomic mass is 35.5. The van der Waals surface area contributed by atoms with E-state index in [4.69, 9.17) is 16.3 Å². The van der Waals surface area contributed by atoms with Crippen molar-refractivity contribution in [3.63, 3.8) is 0 Å². The minimum Gasteiger partial charge on any atom is -0.376 e. The summed E-state index contributed by atoms with van der Waals surface area (Å²) < 4.78 is 30.3. The van der Waals surface area contributed by atoms with Gasteiger partial charge in [0.2, 0.25) is 5.91 Å². The van der Waals surface area contributed by atoms with Gasteiger partial charge in [0.1, 0.15) is 0 Å². The molecule has 1 unspecified atom stereocenters. The molecule has 170 valence electrons. The van der Waals surface area contributed by atoms with E-state index in [0.29, 0.717) is 41.0 Å². The number of rotatable bonds is 8. The molecule has 1 aliphatic rings. The SMILES string of the molecule is CS(=O)(=O)c1ccc2nc(N(CC3CCCO3)C(=O)CCSc3ccc(Cl)cc3)sc2c1. The van der Waals surface area contributed by atoms with E-state index in [2.05, 4.69) is 4.98 Å². The molecular formula is C22H23ClN2O4S3. The Bertz CT molecular complexity index is 1210. The smallest absolute Gasteiger partial charge is 0.229 e. The summed E-state index contributed by atoms with van der Waals surface area (Å²) in [4.78, 5) is 20.8. The number of nitrogens with zero attached hydrogens (tertiary/aromatic N) is 2. The molecule has 6 nitrogen and oxygen atoms in total. The van der Waals surface area contributed by atoms with Gasteiger partial charge in [0.25, 0.3) is 0 Å². The van der Waals surface area contributed by atoms with Crippen molar-refractivity contribution in [1.82, 2.24) is 4.98 Å². The number of thioether (sulfide) groups is 1. The van der Waals surface area contributed by atoms with Gasteiger partial charge in [-0.05, 0) is 55.3 Å². The minimum absolute atomic E-state index is 0.0125. The summed E-state index contributed by atoms with van der Waals surface area (Å²) in [7, 11) is -3.31. The van der Waals surface area contributed by atoms with E-state index in [0.717, 1.165) is 22.4 Å². The lowest BCUT2D eigenvalue weighted by atomic mass is 10.2. The third-order valence-corrected chi connectivity index (χ3v) is 8.53. The van der Waals surface area contributed by atoms with Crippen LogP contribution >= 0.6 is 34.7 Å². The maximum atomic E-state index is 13.2. The molecule has 1 saturated heterocycles. The number of amides is 1. The van der Waals surface area contributed by atoms with Crippen molar-refractivity contribution in [3.05, 3.63) is 47.5 Å². The van der Waals surface area contributed by atoms with Crippen molar-refractivity contribution >= 4 is 65.8 Å². The highest BCUT2D eigenvalue weighted by Crippen LogP contribution is 2.32. The number of halogens is 1. The van der Waals surface area contributed by atoms with Crippen molar-refractivity contribution in [2.75, 3.05) is 30.1 Å². The van der Waals surface area contributed by atoms with Crippen molar-refractivity contribution < 1.29 is 17.9 Å². The predicted octanol–water partition coefficient (Wildman–Crippen LogP) is 5.05. The summed E-state index contributed by atoms with van der Waals surface area (Å²) in [6.07, 6.45) is 3.41. The van der Waals surface area contributed by atoms with Gasteiger partial charge in [-0.2, -0.15) is 0 Å². The third-order valence-electron chi connectivity index (χ3n) is 5.12. The van der Waals surface area contributed by atoms with Gasteiger partial charge in [0.05, 0.1) is 27.8 Å². The monoisotopic (exact) mass is 510 g/mol. The fourth-order valence-electron chi connectivity index (χ4n) is 3.44. The van der Waals surface area contributed by atoms with Crippen LogP contribution in [0.15, 0.2) is 52.3 Å². The van der Waals surface area contributed by atoms with Gasteiger partial charge in [0, 0.05) is 35.0 Å². The van der Waals surface area contributed by atoms with Gasteiger partial charge < -0.3 is 4.74 Å². The van der Waals surface area contributed by atoms with Crippen LogP contribution in [0.1, 0.15) is 19.3 Å². The van der Waals surface area contributed by atoms with Crippen molar-refractivity contribution in [2.24, 2.45) is 0 Å². The maximum absolute atomic E-state index is 13.2. The summed E-state index contributed by atoms with van der Waals surface area (Å²) >= 11 is 8.87. The van der Waals surface area contributed by atoms with Crippen LogP contribution in [0.5, 0.6) is 0 Å². The number of hydrogen-bond acceptors (Lipinski definition) is 7. The zero-order valence-corrected chi connectivity index (χ0v) is 20.7. The number of fused-ring (bicyclic) bond motifs is 1. The van der Waals surface area contributed by atoms with E-state index in [1.54, 1.807) is 34.9 Å². The molecule has 1 fully saturated rings. The Morgan fingerprint density at radius 1 is 1.28 bits per heavy atom. The largest absolute Gasteiger partial charge is 0.376 e. The molecule has 0 spiro atoms. The van der Waals surface area contributed by atoms with Crippen LogP contribution in [0, 0.1) is 0 Å². The standard InChI is InChI=1S/C22H23ClN2O4S3/c1-32(27,28)18-8-9-19-20(13-18)31-22(24-19)25(14-16-3-2-11-29-16)21(26)10-12-30-17-6-4-15(23)5-7-17/h4-9,13,16H,2-3,10-12,14H2,1H3. The first-order valence-corrected chi connectivity index (χ1v) is 14.3. The number of hydrogen-bond donors (Lipinski definition) is 0.